The lowest BCUT2D eigenvalue weighted by molar-refractivity contribution is 0.105. The average Bonchev–Trinajstić information content (AvgIpc) is 2.04. The van der Waals surface area contributed by atoms with E-state index < -0.39 is 0 Å². The molecular formula is C10H19N. The van der Waals surface area contributed by atoms with Crippen LogP contribution in [-0.2, 0) is 0 Å². The number of rotatable bonds is 0. The first-order chi connectivity index (χ1) is 5.36. The predicted octanol–water partition coefficient (Wildman–Crippen LogP) is 2.13. The molecule has 0 bridgehead atoms. The molecule has 0 aromatic heterocycles. The second-order valence-corrected chi connectivity index (χ2v) is 4.36. The van der Waals surface area contributed by atoms with Crippen molar-refractivity contribution in [2.24, 2.45) is 11.8 Å². The Morgan fingerprint density at radius 1 is 1.00 bits per heavy atom. The summed E-state index contributed by atoms with van der Waals surface area (Å²) in [5.74, 6) is 2.16. The van der Waals surface area contributed by atoms with Gasteiger partial charge in [0.2, 0.25) is 0 Å². The molecule has 1 unspecified atom stereocenters. The van der Waals surface area contributed by atoms with E-state index >= 15 is 0 Å². The molecule has 0 spiro atoms. The molecule has 1 aliphatic heterocycles. The molecule has 1 heterocycles. The summed E-state index contributed by atoms with van der Waals surface area (Å²) in [5.41, 5.74) is 0. The van der Waals surface area contributed by atoms with E-state index in [2.05, 4.69) is 11.9 Å². The second-order valence-electron chi connectivity index (χ2n) is 4.36. The lowest BCUT2D eigenvalue weighted by atomic mass is 9.75. The highest BCUT2D eigenvalue weighted by molar-refractivity contribution is 4.81. The van der Waals surface area contributed by atoms with Crippen LogP contribution in [0.3, 0.4) is 0 Å². The lowest BCUT2D eigenvalue weighted by Gasteiger charge is -2.39. The molecule has 11 heavy (non-hydrogen) atoms. The third kappa shape index (κ3) is 1.58. The largest absolute Gasteiger partial charge is 0.306 e. The van der Waals surface area contributed by atoms with Crippen LogP contribution in [0.5, 0.6) is 0 Å². The van der Waals surface area contributed by atoms with Crippen LogP contribution < -0.4 is 0 Å². The van der Waals surface area contributed by atoms with Crippen LogP contribution in [0.2, 0.25) is 0 Å². The SMILES string of the molecule is CN1CC[C@H]2CCCCC2C1. The zero-order valence-corrected chi connectivity index (χ0v) is 7.55. The Labute approximate surface area is 69.8 Å². The predicted molar refractivity (Wildman–Crippen MR) is 47.6 cm³/mol. The molecule has 1 nitrogen and oxygen atoms in total. The Balaban J connectivity index is 1.93. The zero-order valence-electron chi connectivity index (χ0n) is 7.55. The average molecular weight is 153 g/mol. The van der Waals surface area contributed by atoms with Gasteiger partial charge in [0, 0.05) is 6.54 Å². The molecule has 2 rings (SSSR count). The van der Waals surface area contributed by atoms with E-state index in [4.69, 9.17) is 0 Å². The van der Waals surface area contributed by atoms with Crippen LogP contribution in [0.4, 0.5) is 0 Å². The summed E-state index contributed by atoms with van der Waals surface area (Å²) >= 11 is 0. The van der Waals surface area contributed by atoms with Gasteiger partial charge in [-0.1, -0.05) is 19.3 Å². The highest BCUT2D eigenvalue weighted by Crippen LogP contribution is 2.35. The van der Waals surface area contributed by atoms with Gasteiger partial charge < -0.3 is 4.90 Å². The van der Waals surface area contributed by atoms with Crippen molar-refractivity contribution < 1.29 is 0 Å². The fourth-order valence-corrected chi connectivity index (χ4v) is 2.78. The fraction of sp³-hybridized carbons (Fsp3) is 1.00. The van der Waals surface area contributed by atoms with Gasteiger partial charge in [0.1, 0.15) is 0 Å². The van der Waals surface area contributed by atoms with Crippen LogP contribution >= 0.6 is 0 Å². The Morgan fingerprint density at radius 2 is 1.73 bits per heavy atom. The molecule has 2 fully saturated rings. The molecule has 1 saturated heterocycles. The third-order valence-corrected chi connectivity index (χ3v) is 3.49. The highest BCUT2D eigenvalue weighted by atomic mass is 15.1. The number of likely N-dealkylation sites (tertiary alicyclic amines) is 1. The maximum Gasteiger partial charge on any atom is 0.000926 e. The number of nitrogens with zero attached hydrogens (tertiary/aromatic N) is 1. The van der Waals surface area contributed by atoms with Crippen LogP contribution in [0.25, 0.3) is 0 Å². The molecule has 2 aliphatic rings. The minimum Gasteiger partial charge on any atom is -0.306 e. The summed E-state index contributed by atoms with van der Waals surface area (Å²) in [7, 11) is 2.27. The van der Waals surface area contributed by atoms with Crippen molar-refractivity contribution in [3.05, 3.63) is 0 Å². The Bertz CT molecular complexity index is 133. The van der Waals surface area contributed by atoms with Crippen LogP contribution in [0.1, 0.15) is 32.1 Å². The molecule has 2 atom stereocenters. The molecule has 0 aromatic carbocycles. The molecule has 0 aromatic rings. The quantitative estimate of drug-likeness (QED) is 0.515. The summed E-state index contributed by atoms with van der Waals surface area (Å²) in [6.07, 6.45) is 7.51. The summed E-state index contributed by atoms with van der Waals surface area (Å²) in [6.45, 7) is 2.73. The van der Waals surface area contributed by atoms with Crippen molar-refractivity contribution in [2.45, 2.75) is 32.1 Å². The maximum absolute atomic E-state index is 2.51. The normalized spacial score (nSPS) is 40.1. The smallest absolute Gasteiger partial charge is 0.000926 e. The van der Waals surface area contributed by atoms with Gasteiger partial charge in [0.15, 0.2) is 0 Å². The topological polar surface area (TPSA) is 3.24 Å². The van der Waals surface area contributed by atoms with Crippen LogP contribution in [0, 0.1) is 11.8 Å². The maximum atomic E-state index is 2.51. The Morgan fingerprint density at radius 3 is 2.55 bits per heavy atom. The molecule has 1 heteroatoms. The second kappa shape index (κ2) is 3.14. The van der Waals surface area contributed by atoms with Gasteiger partial charge in [-0.3, -0.25) is 0 Å². The van der Waals surface area contributed by atoms with Gasteiger partial charge in [0.25, 0.3) is 0 Å². The first-order valence-corrected chi connectivity index (χ1v) is 5.05. The monoisotopic (exact) mass is 153 g/mol. The first-order valence-electron chi connectivity index (χ1n) is 5.05. The molecule has 64 valence electrons. The standard InChI is InChI=1S/C10H19N/c1-11-7-6-9-4-2-3-5-10(9)8-11/h9-10H,2-8H2,1H3/t9-,10?/m1/s1. The first kappa shape index (κ1) is 7.60. The molecule has 0 amide bonds. The number of fused-ring (bicyclic) bond motifs is 1. The van der Waals surface area contributed by atoms with Gasteiger partial charge in [-0.2, -0.15) is 0 Å². The van der Waals surface area contributed by atoms with Gasteiger partial charge in [-0.15, -0.1) is 0 Å². The fourth-order valence-electron chi connectivity index (χ4n) is 2.78. The van der Waals surface area contributed by atoms with Crippen molar-refractivity contribution in [2.75, 3.05) is 20.1 Å². The van der Waals surface area contributed by atoms with Gasteiger partial charge in [0.05, 0.1) is 0 Å². The van der Waals surface area contributed by atoms with Crippen molar-refractivity contribution in [1.82, 2.24) is 4.90 Å². The van der Waals surface area contributed by atoms with E-state index in [1.54, 1.807) is 0 Å². The molecular weight excluding hydrogens is 134 g/mol. The number of piperidine rings is 1. The van der Waals surface area contributed by atoms with Crippen molar-refractivity contribution in [1.29, 1.82) is 0 Å². The van der Waals surface area contributed by atoms with E-state index in [-0.39, 0.29) is 0 Å². The molecule has 0 radical (unpaired) electrons. The van der Waals surface area contributed by atoms with Gasteiger partial charge >= 0.3 is 0 Å². The van der Waals surface area contributed by atoms with Crippen LogP contribution in [0.15, 0.2) is 0 Å². The summed E-state index contributed by atoms with van der Waals surface area (Å²) in [6, 6.07) is 0. The minimum atomic E-state index is 1.06. The van der Waals surface area contributed by atoms with Crippen molar-refractivity contribution in [3.63, 3.8) is 0 Å². The summed E-state index contributed by atoms with van der Waals surface area (Å²) in [5, 5.41) is 0. The Kier molecular flexibility index (Phi) is 2.17. The minimum absolute atomic E-state index is 1.06. The van der Waals surface area contributed by atoms with Gasteiger partial charge in [-0.05, 0) is 38.3 Å². The molecule has 1 aliphatic carbocycles. The number of hydrogen-bond donors (Lipinski definition) is 0. The van der Waals surface area contributed by atoms with E-state index in [0.717, 1.165) is 11.8 Å². The molecule has 1 saturated carbocycles. The Hall–Kier alpha value is -0.0400. The van der Waals surface area contributed by atoms with Crippen molar-refractivity contribution >= 4 is 0 Å². The van der Waals surface area contributed by atoms with E-state index in [1.807, 2.05) is 0 Å². The summed E-state index contributed by atoms with van der Waals surface area (Å²) in [4.78, 5) is 2.51. The zero-order chi connectivity index (χ0) is 7.68. The number of hydrogen-bond acceptors (Lipinski definition) is 1. The third-order valence-electron chi connectivity index (χ3n) is 3.49. The van der Waals surface area contributed by atoms with E-state index in [9.17, 15) is 0 Å². The van der Waals surface area contributed by atoms with Crippen LogP contribution in [-0.4, -0.2) is 25.0 Å². The summed E-state index contributed by atoms with van der Waals surface area (Å²) < 4.78 is 0. The molecule has 0 N–H and O–H groups in total. The highest BCUT2D eigenvalue weighted by Gasteiger charge is 2.29. The van der Waals surface area contributed by atoms with Crippen molar-refractivity contribution in [3.8, 4) is 0 Å². The lowest BCUT2D eigenvalue weighted by Crippen LogP contribution is -2.39. The van der Waals surface area contributed by atoms with E-state index in [1.165, 1.54) is 45.2 Å². The van der Waals surface area contributed by atoms with Gasteiger partial charge in [-0.25, -0.2) is 0 Å². The van der Waals surface area contributed by atoms with E-state index in [0.29, 0.717) is 0 Å².